The largest absolute Gasteiger partial charge is 0.481 e. The summed E-state index contributed by atoms with van der Waals surface area (Å²) in [6.07, 6.45) is 3.25. The van der Waals surface area contributed by atoms with Crippen LogP contribution in [0.5, 0.6) is 5.88 Å². The van der Waals surface area contributed by atoms with Gasteiger partial charge in [-0.15, -0.1) is 0 Å². The molecular formula is C13H17N5O. The second-order valence-corrected chi connectivity index (χ2v) is 4.18. The van der Waals surface area contributed by atoms with Crippen molar-refractivity contribution in [2.75, 3.05) is 31.4 Å². The van der Waals surface area contributed by atoms with Gasteiger partial charge in [0.15, 0.2) is 0 Å². The Kier molecular flexibility index (Phi) is 4.12. The van der Waals surface area contributed by atoms with Crippen molar-refractivity contribution < 1.29 is 4.74 Å². The Morgan fingerprint density at radius 3 is 2.84 bits per heavy atom. The molecule has 0 unspecified atom stereocenters. The summed E-state index contributed by atoms with van der Waals surface area (Å²) in [6.45, 7) is 0.598. The number of hydrogen-bond acceptors (Lipinski definition) is 6. The predicted molar refractivity (Wildman–Crippen MR) is 74.5 cm³/mol. The van der Waals surface area contributed by atoms with Crippen molar-refractivity contribution in [2.24, 2.45) is 0 Å². The lowest BCUT2D eigenvalue weighted by Crippen LogP contribution is -2.12. The molecule has 0 amide bonds. The lowest BCUT2D eigenvalue weighted by atomic mass is 10.2. The molecule has 0 saturated heterocycles. The number of methoxy groups -OCH3 is 1. The Bertz CT molecular complexity index is 544. The van der Waals surface area contributed by atoms with Gasteiger partial charge in [0, 0.05) is 38.5 Å². The Morgan fingerprint density at radius 1 is 1.26 bits per heavy atom. The highest BCUT2D eigenvalue weighted by Gasteiger charge is 2.04. The van der Waals surface area contributed by atoms with Gasteiger partial charge in [-0.1, -0.05) is 6.07 Å². The molecule has 1 N–H and O–H groups in total. The van der Waals surface area contributed by atoms with Crippen LogP contribution in [-0.2, 0) is 6.54 Å². The second kappa shape index (κ2) is 5.99. The molecule has 2 heterocycles. The van der Waals surface area contributed by atoms with Gasteiger partial charge in [0.05, 0.1) is 7.11 Å². The van der Waals surface area contributed by atoms with Crippen LogP contribution in [0.2, 0.25) is 0 Å². The molecule has 0 aliphatic carbocycles. The van der Waals surface area contributed by atoms with Crippen molar-refractivity contribution in [1.29, 1.82) is 0 Å². The van der Waals surface area contributed by atoms with Crippen molar-refractivity contribution in [3.05, 3.63) is 36.3 Å². The summed E-state index contributed by atoms with van der Waals surface area (Å²) in [5.41, 5.74) is 0.981. The summed E-state index contributed by atoms with van der Waals surface area (Å²) < 4.78 is 5.20. The molecule has 6 heteroatoms. The van der Waals surface area contributed by atoms with Gasteiger partial charge >= 0.3 is 0 Å². The highest BCUT2D eigenvalue weighted by atomic mass is 16.5. The third-order valence-corrected chi connectivity index (χ3v) is 2.61. The maximum Gasteiger partial charge on any atom is 0.218 e. The highest BCUT2D eigenvalue weighted by molar-refractivity contribution is 5.47. The Morgan fingerprint density at radius 2 is 2.11 bits per heavy atom. The molecule has 2 aromatic heterocycles. The first-order valence-electron chi connectivity index (χ1n) is 5.92. The van der Waals surface area contributed by atoms with Gasteiger partial charge in [-0.05, 0) is 6.07 Å². The average molecular weight is 259 g/mol. The molecule has 2 aromatic rings. The molecule has 19 heavy (non-hydrogen) atoms. The van der Waals surface area contributed by atoms with E-state index in [1.807, 2.05) is 37.2 Å². The van der Waals surface area contributed by atoms with Gasteiger partial charge in [0.2, 0.25) is 5.88 Å². The molecule has 0 atom stereocenters. The lowest BCUT2D eigenvalue weighted by molar-refractivity contribution is 0.393. The molecule has 0 fully saturated rings. The van der Waals surface area contributed by atoms with E-state index in [2.05, 4.69) is 20.3 Å². The standard InChI is InChI=1S/C13H17N5O/c1-18(2)12-7-11(16-9-17-12)15-8-10-5-4-6-14-13(10)19-3/h4-7,9H,8H2,1-3H3,(H,15,16,17). The summed E-state index contributed by atoms with van der Waals surface area (Å²) in [4.78, 5) is 14.4. The first-order valence-corrected chi connectivity index (χ1v) is 5.92. The second-order valence-electron chi connectivity index (χ2n) is 4.18. The zero-order valence-electron chi connectivity index (χ0n) is 11.3. The fourth-order valence-electron chi connectivity index (χ4n) is 1.62. The molecule has 100 valence electrons. The molecule has 0 spiro atoms. The van der Waals surface area contributed by atoms with E-state index in [0.29, 0.717) is 12.4 Å². The first kappa shape index (κ1) is 13.1. The van der Waals surface area contributed by atoms with E-state index in [1.54, 1.807) is 13.3 Å². The first-order chi connectivity index (χ1) is 9.20. The summed E-state index contributed by atoms with van der Waals surface area (Å²) in [6, 6.07) is 5.74. The van der Waals surface area contributed by atoms with Gasteiger partial charge in [-0.25, -0.2) is 15.0 Å². The maximum absolute atomic E-state index is 5.20. The third kappa shape index (κ3) is 3.31. The van der Waals surface area contributed by atoms with E-state index in [-0.39, 0.29) is 0 Å². The van der Waals surface area contributed by atoms with E-state index >= 15 is 0 Å². The van der Waals surface area contributed by atoms with Gasteiger partial charge in [-0.3, -0.25) is 0 Å². The normalized spacial score (nSPS) is 10.1. The number of nitrogens with one attached hydrogen (secondary N) is 1. The zero-order chi connectivity index (χ0) is 13.7. The fourth-order valence-corrected chi connectivity index (χ4v) is 1.62. The topological polar surface area (TPSA) is 63.2 Å². The van der Waals surface area contributed by atoms with Gasteiger partial charge in [0.1, 0.15) is 18.0 Å². The van der Waals surface area contributed by atoms with E-state index in [0.717, 1.165) is 17.2 Å². The van der Waals surface area contributed by atoms with Gasteiger partial charge in [0.25, 0.3) is 0 Å². The SMILES string of the molecule is COc1ncccc1CNc1cc(N(C)C)ncn1. The fraction of sp³-hybridized carbons (Fsp3) is 0.308. The number of hydrogen-bond donors (Lipinski definition) is 1. The minimum Gasteiger partial charge on any atom is -0.481 e. The Balaban J connectivity index is 2.08. The highest BCUT2D eigenvalue weighted by Crippen LogP contribution is 2.16. The molecule has 0 aliphatic heterocycles. The monoisotopic (exact) mass is 259 g/mol. The van der Waals surface area contributed by atoms with Crippen LogP contribution in [0.25, 0.3) is 0 Å². The van der Waals surface area contributed by atoms with E-state index in [4.69, 9.17) is 4.74 Å². The van der Waals surface area contributed by atoms with E-state index < -0.39 is 0 Å². The van der Waals surface area contributed by atoms with E-state index in [9.17, 15) is 0 Å². The maximum atomic E-state index is 5.20. The summed E-state index contributed by atoms with van der Waals surface area (Å²) in [5.74, 6) is 2.25. The number of aromatic nitrogens is 3. The van der Waals surface area contributed by atoms with Crippen LogP contribution >= 0.6 is 0 Å². The van der Waals surface area contributed by atoms with Crippen LogP contribution in [0.3, 0.4) is 0 Å². The van der Waals surface area contributed by atoms with Crippen molar-refractivity contribution in [3.8, 4) is 5.88 Å². The smallest absolute Gasteiger partial charge is 0.218 e. The molecular weight excluding hydrogens is 242 g/mol. The van der Waals surface area contributed by atoms with Crippen LogP contribution in [0.4, 0.5) is 11.6 Å². The predicted octanol–water partition coefficient (Wildman–Crippen LogP) is 1.56. The van der Waals surface area contributed by atoms with Crippen molar-refractivity contribution in [2.45, 2.75) is 6.54 Å². The van der Waals surface area contributed by atoms with E-state index in [1.165, 1.54) is 6.33 Å². The minimum atomic E-state index is 0.598. The average Bonchev–Trinajstić information content (AvgIpc) is 2.45. The molecule has 0 radical (unpaired) electrons. The van der Waals surface area contributed by atoms with Crippen molar-refractivity contribution in [3.63, 3.8) is 0 Å². The number of nitrogens with zero attached hydrogens (tertiary/aromatic N) is 4. The third-order valence-electron chi connectivity index (χ3n) is 2.61. The van der Waals surface area contributed by atoms with Crippen molar-refractivity contribution in [1.82, 2.24) is 15.0 Å². The van der Waals surface area contributed by atoms with Crippen LogP contribution in [0.15, 0.2) is 30.7 Å². The number of pyridine rings is 1. The Hall–Kier alpha value is -2.37. The molecule has 2 rings (SSSR count). The summed E-state index contributed by atoms with van der Waals surface area (Å²) >= 11 is 0. The number of rotatable bonds is 5. The lowest BCUT2D eigenvalue weighted by Gasteiger charge is -2.13. The number of anilines is 2. The molecule has 6 nitrogen and oxygen atoms in total. The minimum absolute atomic E-state index is 0.598. The molecule has 0 bridgehead atoms. The summed E-state index contributed by atoms with van der Waals surface area (Å²) in [7, 11) is 5.49. The molecule has 0 saturated carbocycles. The zero-order valence-corrected chi connectivity index (χ0v) is 11.3. The van der Waals surface area contributed by atoms with Crippen LogP contribution in [0, 0.1) is 0 Å². The molecule has 0 aromatic carbocycles. The quantitative estimate of drug-likeness (QED) is 0.879. The number of ether oxygens (including phenoxy) is 1. The van der Waals surface area contributed by atoms with Crippen LogP contribution in [0.1, 0.15) is 5.56 Å². The van der Waals surface area contributed by atoms with Crippen LogP contribution in [-0.4, -0.2) is 36.2 Å². The Labute approximate surface area is 112 Å². The molecule has 0 aliphatic rings. The van der Waals surface area contributed by atoms with Gasteiger partial charge in [-0.2, -0.15) is 0 Å². The summed E-state index contributed by atoms with van der Waals surface area (Å²) in [5, 5.41) is 3.23. The van der Waals surface area contributed by atoms with Crippen LogP contribution < -0.4 is 15.0 Å². The van der Waals surface area contributed by atoms with Crippen molar-refractivity contribution >= 4 is 11.6 Å². The van der Waals surface area contributed by atoms with Gasteiger partial charge < -0.3 is 15.0 Å².